The van der Waals surface area contributed by atoms with Crippen LogP contribution in [0.15, 0.2) is 53.8 Å². The average molecular weight is 267 g/mol. The molecule has 0 unspecified atom stereocenters. The van der Waals surface area contributed by atoms with Gasteiger partial charge in [-0.05, 0) is 51.7 Å². The normalized spacial score (nSPS) is 11.9. The number of hydrogen-bond acceptors (Lipinski definition) is 0. The minimum Gasteiger partial charge on any atom is -0.350 e. The van der Waals surface area contributed by atoms with Gasteiger partial charge in [0.25, 0.3) is 0 Å². The Morgan fingerprint density at radius 2 is 1.85 bits per heavy atom. The lowest BCUT2D eigenvalue weighted by Crippen LogP contribution is -1.83. The molecule has 0 aliphatic rings. The second-order valence-corrected chi connectivity index (χ2v) is 5.86. The van der Waals surface area contributed by atoms with Crippen LogP contribution in [-0.2, 0) is 13.5 Å². The molecule has 106 valence electrons. The monoisotopic (exact) mass is 267 g/mol. The van der Waals surface area contributed by atoms with Crippen LogP contribution in [-0.4, -0.2) is 4.57 Å². The Hall–Kier alpha value is -1.76. The number of hydrogen-bond donors (Lipinski definition) is 0. The van der Waals surface area contributed by atoms with Gasteiger partial charge in [0.1, 0.15) is 0 Å². The van der Waals surface area contributed by atoms with E-state index in [4.69, 9.17) is 0 Å². The van der Waals surface area contributed by atoms with Crippen molar-refractivity contribution in [3.8, 4) is 0 Å². The maximum Gasteiger partial charge on any atom is 0.0480 e. The second kappa shape index (κ2) is 6.60. The first-order chi connectivity index (χ1) is 9.58. The quantitative estimate of drug-likeness (QED) is 0.638. The van der Waals surface area contributed by atoms with Crippen molar-refractivity contribution < 1.29 is 0 Å². The summed E-state index contributed by atoms with van der Waals surface area (Å²) in [6, 6.07) is 8.63. The molecule has 2 rings (SSSR count). The zero-order chi connectivity index (χ0) is 14.5. The summed E-state index contributed by atoms with van der Waals surface area (Å²) in [4.78, 5) is 0. The van der Waals surface area contributed by atoms with E-state index in [2.05, 4.69) is 75.0 Å². The Labute approximate surface area is 122 Å². The number of allylic oxidation sites excluding steroid dienone is 4. The van der Waals surface area contributed by atoms with Crippen molar-refractivity contribution in [1.82, 2.24) is 4.57 Å². The smallest absolute Gasteiger partial charge is 0.0480 e. The molecule has 0 saturated heterocycles. The largest absolute Gasteiger partial charge is 0.350 e. The molecule has 0 N–H and O–H groups in total. The van der Waals surface area contributed by atoms with Gasteiger partial charge in [-0.3, -0.25) is 0 Å². The van der Waals surface area contributed by atoms with Crippen LogP contribution in [0.25, 0.3) is 10.9 Å². The molecule has 0 spiro atoms. The highest BCUT2D eigenvalue weighted by Crippen LogP contribution is 2.21. The number of benzene rings is 1. The highest BCUT2D eigenvalue weighted by molar-refractivity contribution is 5.84. The minimum absolute atomic E-state index is 1.03. The van der Waals surface area contributed by atoms with E-state index in [1.165, 1.54) is 27.6 Å². The zero-order valence-electron chi connectivity index (χ0n) is 13.1. The van der Waals surface area contributed by atoms with Crippen LogP contribution < -0.4 is 0 Å². The molecule has 0 bridgehead atoms. The van der Waals surface area contributed by atoms with Crippen molar-refractivity contribution in [2.45, 2.75) is 40.0 Å². The van der Waals surface area contributed by atoms with E-state index in [1.807, 2.05) is 0 Å². The van der Waals surface area contributed by atoms with E-state index in [-0.39, 0.29) is 0 Å². The third-order valence-corrected chi connectivity index (χ3v) is 3.74. The Morgan fingerprint density at radius 1 is 1.10 bits per heavy atom. The first-order valence-electron chi connectivity index (χ1n) is 7.40. The number of nitrogens with zero attached hydrogens (tertiary/aromatic N) is 1. The van der Waals surface area contributed by atoms with Gasteiger partial charge in [0.05, 0.1) is 0 Å². The van der Waals surface area contributed by atoms with E-state index in [0.717, 1.165) is 19.3 Å². The predicted octanol–water partition coefficient (Wildman–Crippen LogP) is 5.41. The Bertz CT molecular complexity index is 637. The lowest BCUT2D eigenvalue weighted by Gasteiger charge is -1.99. The summed E-state index contributed by atoms with van der Waals surface area (Å²) >= 11 is 0. The Morgan fingerprint density at radius 3 is 2.60 bits per heavy atom. The Kier molecular flexibility index (Phi) is 4.84. The van der Waals surface area contributed by atoms with Crippen LogP contribution in [0.4, 0.5) is 0 Å². The summed E-state index contributed by atoms with van der Waals surface area (Å²) in [6.45, 7) is 6.56. The molecular formula is C19H25N. The molecule has 0 aliphatic carbocycles. The average Bonchev–Trinajstić information content (AvgIpc) is 2.73. The maximum atomic E-state index is 2.38. The van der Waals surface area contributed by atoms with Crippen molar-refractivity contribution in [2.24, 2.45) is 7.05 Å². The Balaban J connectivity index is 2.07. The fraction of sp³-hybridized carbons (Fsp3) is 0.368. The summed E-state index contributed by atoms with van der Waals surface area (Å²) in [6.07, 6.45) is 10.3. The van der Waals surface area contributed by atoms with E-state index in [9.17, 15) is 0 Å². The molecular weight excluding hydrogens is 242 g/mol. The van der Waals surface area contributed by atoms with Crippen molar-refractivity contribution >= 4 is 10.9 Å². The fourth-order valence-corrected chi connectivity index (χ4v) is 2.56. The molecule has 0 radical (unpaired) electrons. The predicted molar refractivity (Wildman–Crippen MR) is 89.0 cm³/mol. The standard InChI is InChI=1S/C19H25N/c1-15(2)8-7-9-16(3)12-13-17-14-20(4)19-11-6-5-10-18(17)19/h5-6,8,10-12,14H,7,9,13H2,1-4H3/b16-12+. The van der Waals surface area contributed by atoms with Crippen molar-refractivity contribution in [3.05, 3.63) is 59.3 Å². The van der Waals surface area contributed by atoms with Crippen LogP contribution >= 0.6 is 0 Å². The van der Waals surface area contributed by atoms with Gasteiger partial charge in [0, 0.05) is 24.1 Å². The molecule has 2 aromatic rings. The molecule has 1 heterocycles. The molecule has 0 atom stereocenters. The van der Waals surface area contributed by atoms with Gasteiger partial charge in [-0.15, -0.1) is 0 Å². The van der Waals surface area contributed by atoms with Crippen LogP contribution in [0, 0.1) is 0 Å². The van der Waals surface area contributed by atoms with Gasteiger partial charge in [0.2, 0.25) is 0 Å². The lowest BCUT2D eigenvalue weighted by molar-refractivity contribution is 0.946. The second-order valence-electron chi connectivity index (χ2n) is 5.86. The third kappa shape index (κ3) is 3.63. The first kappa shape index (κ1) is 14.6. The molecule has 0 aliphatic heterocycles. The number of aromatic nitrogens is 1. The number of aryl methyl sites for hydroxylation is 1. The van der Waals surface area contributed by atoms with Crippen LogP contribution in [0.5, 0.6) is 0 Å². The van der Waals surface area contributed by atoms with Gasteiger partial charge in [-0.1, -0.05) is 41.5 Å². The fourth-order valence-electron chi connectivity index (χ4n) is 2.56. The topological polar surface area (TPSA) is 4.93 Å². The number of para-hydroxylation sites is 1. The van der Waals surface area contributed by atoms with E-state index >= 15 is 0 Å². The lowest BCUT2D eigenvalue weighted by atomic mass is 10.1. The van der Waals surface area contributed by atoms with Crippen LogP contribution in [0.1, 0.15) is 39.2 Å². The molecule has 0 saturated carbocycles. The molecule has 1 aromatic heterocycles. The van der Waals surface area contributed by atoms with Gasteiger partial charge in [-0.2, -0.15) is 0 Å². The van der Waals surface area contributed by atoms with Gasteiger partial charge in [0.15, 0.2) is 0 Å². The maximum absolute atomic E-state index is 2.38. The van der Waals surface area contributed by atoms with Gasteiger partial charge < -0.3 is 4.57 Å². The molecule has 0 amide bonds. The number of fused-ring (bicyclic) bond motifs is 1. The van der Waals surface area contributed by atoms with Gasteiger partial charge in [-0.25, -0.2) is 0 Å². The molecule has 1 aromatic carbocycles. The van der Waals surface area contributed by atoms with E-state index in [0.29, 0.717) is 0 Å². The highest BCUT2D eigenvalue weighted by atomic mass is 14.9. The van der Waals surface area contributed by atoms with Crippen molar-refractivity contribution in [3.63, 3.8) is 0 Å². The number of rotatable bonds is 5. The van der Waals surface area contributed by atoms with Crippen molar-refractivity contribution in [1.29, 1.82) is 0 Å². The minimum atomic E-state index is 1.03. The third-order valence-electron chi connectivity index (χ3n) is 3.74. The van der Waals surface area contributed by atoms with Gasteiger partial charge >= 0.3 is 0 Å². The summed E-state index contributed by atoms with van der Waals surface area (Å²) in [7, 11) is 2.12. The summed E-state index contributed by atoms with van der Waals surface area (Å²) < 4.78 is 2.22. The highest BCUT2D eigenvalue weighted by Gasteiger charge is 2.04. The summed E-state index contributed by atoms with van der Waals surface area (Å²) in [5.74, 6) is 0. The molecule has 0 fully saturated rings. The molecule has 20 heavy (non-hydrogen) atoms. The van der Waals surface area contributed by atoms with E-state index in [1.54, 1.807) is 0 Å². The summed E-state index contributed by atoms with van der Waals surface area (Å²) in [5.41, 5.74) is 5.63. The summed E-state index contributed by atoms with van der Waals surface area (Å²) in [5, 5.41) is 1.38. The first-order valence-corrected chi connectivity index (χ1v) is 7.40. The molecule has 1 heteroatoms. The van der Waals surface area contributed by atoms with Crippen LogP contribution in [0.2, 0.25) is 0 Å². The van der Waals surface area contributed by atoms with E-state index < -0.39 is 0 Å². The van der Waals surface area contributed by atoms with Crippen LogP contribution in [0.3, 0.4) is 0 Å². The zero-order valence-corrected chi connectivity index (χ0v) is 13.1. The molecule has 1 nitrogen and oxygen atoms in total. The SMILES string of the molecule is CC(C)=CCC/C(C)=C/Cc1cn(C)c2ccccc12. The van der Waals surface area contributed by atoms with Crippen molar-refractivity contribution in [2.75, 3.05) is 0 Å².